The quantitative estimate of drug-likeness (QED) is 0.769. The van der Waals surface area contributed by atoms with E-state index in [2.05, 4.69) is 20.2 Å². The predicted octanol–water partition coefficient (Wildman–Crippen LogP) is 0.766. The van der Waals surface area contributed by atoms with Gasteiger partial charge in [0.25, 0.3) is 0 Å². The fraction of sp³-hybridized carbons (Fsp3) is 0.667. The lowest BCUT2D eigenvalue weighted by Crippen LogP contribution is -2.33. The number of hydrogen-bond acceptors (Lipinski definition) is 6. The molecule has 1 fully saturated rings. The molecule has 1 aromatic heterocycles. The van der Waals surface area contributed by atoms with Crippen molar-refractivity contribution >= 4 is 17.7 Å². The summed E-state index contributed by atoms with van der Waals surface area (Å²) in [6.45, 7) is 4.47. The van der Waals surface area contributed by atoms with Gasteiger partial charge in [-0.3, -0.25) is 0 Å². The Bertz CT molecular complexity index is 340. The van der Waals surface area contributed by atoms with Crippen molar-refractivity contribution in [2.24, 2.45) is 0 Å². The molecule has 1 N–H and O–H groups in total. The molecule has 18 heavy (non-hydrogen) atoms. The van der Waals surface area contributed by atoms with Gasteiger partial charge in [-0.05, 0) is 0 Å². The largest absolute Gasteiger partial charge is 0.383 e. The van der Waals surface area contributed by atoms with Crippen LogP contribution in [-0.2, 0) is 11.3 Å². The Morgan fingerprint density at radius 3 is 2.72 bits per heavy atom. The summed E-state index contributed by atoms with van der Waals surface area (Å²) in [5, 5.41) is 3.28. The zero-order valence-corrected chi connectivity index (χ0v) is 11.6. The van der Waals surface area contributed by atoms with E-state index < -0.39 is 0 Å². The van der Waals surface area contributed by atoms with Gasteiger partial charge in [0.05, 0.1) is 6.61 Å². The average Bonchev–Trinajstić information content (AvgIpc) is 2.45. The molecule has 100 valence electrons. The predicted molar refractivity (Wildman–Crippen MR) is 75.2 cm³/mol. The third-order valence-corrected chi connectivity index (χ3v) is 3.74. The Balaban J connectivity index is 1.81. The van der Waals surface area contributed by atoms with Crippen LogP contribution in [0.3, 0.4) is 0 Å². The SMILES string of the molecule is COCCNCc1cnc(N2CCSCC2)nc1. The second-order valence-electron chi connectivity index (χ2n) is 4.16. The van der Waals surface area contributed by atoms with Gasteiger partial charge in [-0.15, -0.1) is 0 Å². The number of nitrogens with one attached hydrogen (secondary N) is 1. The van der Waals surface area contributed by atoms with Gasteiger partial charge in [-0.2, -0.15) is 11.8 Å². The average molecular weight is 268 g/mol. The van der Waals surface area contributed by atoms with Gasteiger partial charge in [0, 0.05) is 62.8 Å². The molecule has 1 aromatic rings. The van der Waals surface area contributed by atoms with Gasteiger partial charge in [0.2, 0.25) is 5.95 Å². The lowest BCUT2D eigenvalue weighted by atomic mass is 10.3. The molecule has 1 saturated heterocycles. The molecular weight excluding hydrogens is 248 g/mol. The smallest absolute Gasteiger partial charge is 0.225 e. The normalized spacial score (nSPS) is 15.9. The molecule has 2 heterocycles. The van der Waals surface area contributed by atoms with Crippen molar-refractivity contribution in [3.05, 3.63) is 18.0 Å². The minimum Gasteiger partial charge on any atom is -0.383 e. The van der Waals surface area contributed by atoms with Crippen molar-refractivity contribution in [2.75, 3.05) is 49.8 Å². The third kappa shape index (κ3) is 4.12. The lowest BCUT2D eigenvalue weighted by Gasteiger charge is -2.26. The van der Waals surface area contributed by atoms with E-state index in [9.17, 15) is 0 Å². The summed E-state index contributed by atoms with van der Waals surface area (Å²) < 4.78 is 4.98. The number of aromatic nitrogens is 2. The fourth-order valence-electron chi connectivity index (χ4n) is 1.77. The van der Waals surface area contributed by atoms with Gasteiger partial charge < -0.3 is 15.0 Å². The van der Waals surface area contributed by atoms with Crippen molar-refractivity contribution < 1.29 is 4.74 Å². The first kappa shape index (κ1) is 13.6. The monoisotopic (exact) mass is 268 g/mol. The van der Waals surface area contributed by atoms with Crippen LogP contribution in [-0.4, -0.2) is 54.8 Å². The van der Waals surface area contributed by atoms with Crippen LogP contribution in [0.25, 0.3) is 0 Å². The molecule has 0 bridgehead atoms. The Morgan fingerprint density at radius 1 is 1.33 bits per heavy atom. The summed E-state index contributed by atoms with van der Waals surface area (Å²) in [5.41, 5.74) is 1.11. The maximum Gasteiger partial charge on any atom is 0.225 e. The third-order valence-electron chi connectivity index (χ3n) is 2.80. The van der Waals surface area contributed by atoms with Gasteiger partial charge >= 0.3 is 0 Å². The molecule has 0 aromatic carbocycles. The van der Waals surface area contributed by atoms with Crippen molar-refractivity contribution in [3.8, 4) is 0 Å². The van der Waals surface area contributed by atoms with Crippen molar-refractivity contribution in [3.63, 3.8) is 0 Å². The molecule has 6 heteroatoms. The van der Waals surface area contributed by atoms with E-state index in [0.29, 0.717) is 0 Å². The van der Waals surface area contributed by atoms with E-state index in [4.69, 9.17) is 4.74 Å². The molecule has 1 aliphatic rings. The Morgan fingerprint density at radius 2 is 2.06 bits per heavy atom. The Labute approximate surface area is 112 Å². The highest BCUT2D eigenvalue weighted by Crippen LogP contribution is 2.14. The highest BCUT2D eigenvalue weighted by atomic mass is 32.2. The van der Waals surface area contributed by atoms with E-state index >= 15 is 0 Å². The zero-order chi connectivity index (χ0) is 12.6. The van der Waals surface area contributed by atoms with Crippen LogP contribution in [0.2, 0.25) is 0 Å². The van der Waals surface area contributed by atoms with Crippen LogP contribution in [0.1, 0.15) is 5.56 Å². The summed E-state index contributed by atoms with van der Waals surface area (Å²) in [6, 6.07) is 0. The molecule has 0 unspecified atom stereocenters. The number of thioether (sulfide) groups is 1. The second kappa shape index (κ2) is 7.56. The fourth-order valence-corrected chi connectivity index (χ4v) is 2.68. The van der Waals surface area contributed by atoms with Crippen molar-refractivity contribution in [1.29, 1.82) is 0 Å². The summed E-state index contributed by atoms with van der Waals surface area (Å²) in [5.74, 6) is 3.20. The second-order valence-corrected chi connectivity index (χ2v) is 5.39. The number of nitrogens with zero attached hydrogens (tertiary/aromatic N) is 3. The molecule has 0 aliphatic carbocycles. The number of ether oxygens (including phenoxy) is 1. The van der Waals surface area contributed by atoms with Gasteiger partial charge in [0.1, 0.15) is 0 Å². The molecule has 1 aliphatic heterocycles. The van der Waals surface area contributed by atoms with E-state index in [1.165, 1.54) is 11.5 Å². The molecule has 5 nitrogen and oxygen atoms in total. The molecule has 0 saturated carbocycles. The summed E-state index contributed by atoms with van der Waals surface area (Å²) in [4.78, 5) is 11.1. The van der Waals surface area contributed by atoms with E-state index in [1.807, 2.05) is 24.2 Å². The molecular formula is C12H20N4OS. The molecule has 0 amide bonds. The van der Waals surface area contributed by atoms with Crippen molar-refractivity contribution in [1.82, 2.24) is 15.3 Å². The maximum absolute atomic E-state index is 4.98. The topological polar surface area (TPSA) is 50.3 Å². The van der Waals surface area contributed by atoms with Crippen LogP contribution in [0.4, 0.5) is 5.95 Å². The standard InChI is InChI=1S/C12H20N4OS/c1-17-5-2-13-8-11-9-14-12(15-10-11)16-3-6-18-7-4-16/h9-10,13H,2-8H2,1H3. The molecule has 0 radical (unpaired) electrons. The van der Waals surface area contributed by atoms with Crippen molar-refractivity contribution in [2.45, 2.75) is 6.54 Å². The first-order chi connectivity index (χ1) is 8.90. The van der Waals surface area contributed by atoms with Gasteiger partial charge in [-0.1, -0.05) is 0 Å². The number of anilines is 1. The van der Waals surface area contributed by atoms with Crippen LogP contribution in [0.15, 0.2) is 12.4 Å². The van der Waals surface area contributed by atoms with Crippen LogP contribution < -0.4 is 10.2 Å². The molecule has 0 spiro atoms. The Hall–Kier alpha value is -0.850. The first-order valence-electron chi connectivity index (χ1n) is 6.23. The summed E-state index contributed by atoms with van der Waals surface area (Å²) >= 11 is 1.99. The maximum atomic E-state index is 4.98. The number of methoxy groups -OCH3 is 1. The van der Waals surface area contributed by atoms with Gasteiger partial charge in [0.15, 0.2) is 0 Å². The van der Waals surface area contributed by atoms with Crippen LogP contribution in [0.5, 0.6) is 0 Å². The number of rotatable bonds is 6. The zero-order valence-electron chi connectivity index (χ0n) is 10.8. The number of hydrogen-bond donors (Lipinski definition) is 1. The summed E-state index contributed by atoms with van der Waals surface area (Å²) in [7, 11) is 1.70. The van der Waals surface area contributed by atoms with E-state index in [1.54, 1.807) is 7.11 Å². The highest BCUT2D eigenvalue weighted by molar-refractivity contribution is 7.99. The minimum atomic E-state index is 0.727. The van der Waals surface area contributed by atoms with Crippen LogP contribution in [0, 0.1) is 0 Å². The molecule has 2 rings (SSSR count). The Kier molecular flexibility index (Phi) is 5.70. The van der Waals surface area contributed by atoms with Gasteiger partial charge in [-0.25, -0.2) is 9.97 Å². The lowest BCUT2D eigenvalue weighted by molar-refractivity contribution is 0.199. The minimum absolute atomic E-state index is 0.727. The molecule has 0 atom stereocenters. The summed E-state index contributed by atoms with van der Waals surface area (Å²) in [6.07, 6.45) is 3.81. The highest BCUT2D eigenvalue weighted by Gasteiger charge is 2.12. The van der Waals surface area contributed by atoms with Crippen LogP contribution >= 0.6 is 11.8 Å². The van der Waals surface area contributed by atoms with E-state index in [-0.39, 0.29) is 0 Å². The first-order valence-corrected chi connectivity index (χ1v) is 7.39. The van der Waals surface area contributed by atoms with E-state index in [0.717, 1.165) is 44.3 Å².